The third-order valence-corrected chi connectivity index (χ3v) is 4.99. The van der Waals surface area contributed by atoms with E-state index in [1.807, 2.05) is 24.4 Å². The molecule has 0 aliphatic heterocycles. The maximum Gasteiger partial charge on any atom is 0.419 e. The summed E-state index contributed by atoms with van der Waals surface area (Å²) in [6, 6.07) is 11.0. The summed E-state index contributed by atoms with van der Waals surface area (Å²) in [5.74, 6) is -1.25. The summed E-state index contributed by atoms with van der Waals surface area (Å²) in [7, 11) is 0. The zero-order valence-corrected chi connectivity index (χ0v) is 16.1. The standard InChI is InChI=1S/C21H18F4N2O.ClH/c22-20-5-4-16(10-19(20)21(23,24)25)28-17-8-15(9-17)27-12-14-3-1-2-13-11-26-7-6-18(13)14;/h1-7,10-11,15,17,27H,8-9,12H2;1H. The van der Waals surface area contributed by atoms with Crippen molar-refractivity contribution in [2.75, 3.05) is 0 Å². The van der Waals surface area contributed by atoms with E-state index in [0.29, 0.717) is 19.4 Å². The maximum atomic E-state index is 13.3. The zero-order chi connectivity index (χ0) is 19.7. The van der Waals surface area contributed by atoms with Gasteiger partial charge in [-0.1, -0.05) is 18.2 Å². The smallest absolute Gasteiger partial charge is 0.419 e. The lowest BCUT2D eigenvalue weighted by molar-refractivity contribution is -0.140. The van der Waals surface area contributed by atoms with Gasteiger partial charge in [-0.3, -0.25) is 4.98 Å². The molecule has 1 fully saturated rings. The van der Waals surface area contributed by atoms with E-state index >= 15 is 0 Å². The highest BCUT2D eigenvalue weighted by Gasteiger charge is 2.35. The molecule has 1 saturated carbocycles. The maximum absolute atomic E-state index is 13.3. The van der Waals surface area contributed by atoms with Crippen molar-refractivity contribution >= 4 is 23.2 Å². The molecule has 0 bridgehead atoms. The van der Waals surface area contributed by atoms with Gasteiger partial charge in [0.1, 0.15) is 17.7 Å². The fourth-order valence-corrected chi connectivity index (χ4v) is 3.41. The van der Waals surface area contributed by atoms with E-state index in [-0.39, 0.29) is 30.3 Å². The minimum atomic E-state index is -4.73. The number of nitrogens with one attached hydrogen (secondary N) is 1. The van der Waals surface area contributed by atoms with Crippen molar-refractivity contribution in [1.29, 1.82) is 0 Å². The Morgan fingerprint density at radius 3 is 2.66 bits per heavy atom. The minimum Gasteiger partial charge on any atom is -0.490 e. The lowest BCUT2D eigenvalue weighted by atomic mass is 9.89. The predicted octanol–water partition coefficient (Wildman–Crippen LogP) is 5.51. The van der Waals surface area contributed by atoms with E-state index in [2.05, 4.69) is 16.4 Å². The van der Waals surface area contributed by atoms with Gasteiger partial charge in [0.2, 0.25) is 0 Å². The first kappa shape index (κ1) is 21.3. The second kappa shape index (κ2) is 8.55. The van der Waals surface area contributed by atoms with Gasteiger partial charge >= 0.3 is 6.18 Å². The number of pyridine rings is 1. The number of fused-ring (bicyclic) bond motifs is 1. The lowest BCUT2D eigenvalue weighted by Gasteiger charge is -2.36. The van der Waals surface area contributed by atoms with Gasteiger partial charge in [-0.15, -0.1) is 12.4 Å². The molecule has 8 heteroatoms. The van der Waals surface area contributed by atoms with Crippen molar-refractivity contribution < 1.29 is 22.3 Å². The zero-order valence-electron chi connectivity index (χ0n) is 15.2. The van der Waals surface area contributed by atoms with Crippen LogP contribution in [0.4, 0.5) is 17.6 Å². The van der Waals surface area contributed by atoms with Crippen LogP contribution < -0.4 is 10.1 Å². The molecule has 0 spiro atoms. The molecule has 0 radical (unpaired) electrons. The van der Waals surface area contributed by atoms with Crippen molar-refractivity contribution in [3.63, 3.8) is 0 Å². The van der Waals surface area contributed by atoms with Crippen LogP contribution in [0.25, 0.3) is 10.8 Å². The summed E-state index contributed by atoms with van der Waals surface area (Å²) >= 11 is 0. The molecule has 154 valence electrons. The first-order valence-corrected chi connectivity index (χ1v) is 8.98. The highest BCUT2D eigenvalue weighted by Crippen LogP contribution is 2.35. The average molecular weight is 427 g/mol. The number of alkyl halides is 3. The Hall–Kier alpha value is -2.38. The molecule has 0 unspecified atom stereocenters. The molecule has 1 aromatic heterocycles. The Morgan fingerprint density at radius 2 is 1.90 bits per heavy atom. The summed E-state index contributed by atoms with van der Waals surface area (Å²) in [5.41, 5.74) is -0.137. The molecular formula is C21H19ClF4N2O. The molecule has 1 aliphatic carbocycles. The molecule has 1 heterocycles. The summed E-state index contributed by atoms with van der Waals surface area (Å²) in [5, 5.41) is 5.67. The van der Waals surface area contributed by atoms with Gasteiger partial charge in [0, 0.05) is 30.4 Å². The largest absolute Gasteiger partial charge is 0.490 e. The van der Waals surface area contributed by atoms with Gasteiger partial charge in [-0.2, -0.15) is 13.2 Å². The molecule has 0 atom stereocenters. The number of benzene rings is 2. The first-order chi connectivity index (χ1) is 13.4. The van der Waals surface area contributed by atoms with E-state index in [1.165, 1.54) is 6.07 Å². The number of hydrogen-bond acceptors (Lipinski definition) is 3. The molecule has 0 saturated heterocycles. The highest BCUT2D eigenvalue weighted by molar-refractivity contribution is 5.85. The third-order valence-electron chi connectivity index (χ3n) is 4.99. The quantitative estimate of drug-likeness (QED) is 0.546. The van der Waals surface area contributed by atoms with Crippen LogP contribution in [-0.4, -0.2) is 17.1 Å². The van der Waals surface area contributed by atoms with E-state index in [4.69, 9.17) is 4.74 Å². The molecule has 0 amide bonds. The van der Waals surface area contributed by atoms with Crippen LogP contribution in [-0.2, 0) is 12.7 Å². The molecule has 29 heavy (non-hydrogen) atoms. The number of hydrogen-bond donors (Lipinski definition) is 1. The highest BCUT2D eigenvalue weighted by atomic mass is 35.5. The van der Waals surface area contributed by atoms with Gasteiger partial charge < -0.3 is 10.1 Å². The average Bonchev–Trinajstić information content (AvgIpc) is 2.64. The summed E-state index contributed by atoms with van der Waals surface area (Å²) in [6.45, 7) is 0.688. The van der Waals surface area contributed by atoms with E-state index < -0.39 is 17.6 Å². The predicted molar refractivity (Wildman–Crippen MR) is 105 cm³/mol. The van der Waals surface area contributed by atoms with E-state index in [9.17, 15) is 17.6 Å². The molecule has 2 aromatic carbocycles. The molecule has 4 rings (SSSR count). The van der Waals surface area contributed by atoms with Crippen LogP contribution in [0.1, 0.15) is 24.0 Å². The van der Waals surface area contributed by atoms with Crippen LogP contribution in [0, 0.1) is 5.82 Å². The molecule has 3 nitrogen and oxygen atoms in total. The molecule has 1 N–H and O–H groups in total. The van der Waals surface area contributed by atoms with Gasteiger partial charge in [-0.05, 0) is 48.1 Å². The summed E-state index contributed by atoms with van der Waals surface area (Å²) in [6.07, 6.45) is 0.0405. The Labute approximate surface area is 171 Å². The Balaban J connectivity index is 0.00000240. The van der Waals surface area contributed by atoms with Crippen LogP contribution in [0.3, 0.4) is 0 Å². The Kier molecular flexibility index (Phi) is 6.29. The SMILES string of the molecule is Cl.Fc1ccc(OC2CC(NCc3cccc4cnccc34)C2)cc1C(F)(F)F. The fourth-order valence-electron chi connectivity index (χ4n) is 3.41. The summed E-state index contributed by atoms with van der Waals surface area (Å²) < 4.78 is 57.3. The van der Waals surface area contributed by atoms with Gasteiger partial charge in [0.25, 0.3) is 0 Å². The fraction of sp³-hybridized carbons (Fsp3) is 0.286. The molecular weight excluding hydrogens is 408 g/mol. The van der Waals surface area contributed by atoms with Crippen molar-refractivity contribution in [2.45, 2.75) is 37.7 Å². The van der Waals surface area contributed by atoms with Crippen molar-refractivity contribution in [2.24, 2.45) is 0 Å². The van der Waals surface area contributed by atoms with Crippen LogP contribution >= 0.6 is 12.4 Å². The first-order valence-electron chi connectivity index (χ1n) is 8.98. The summed E-state index contributed by atoms with van der Waals surface area (Å²) in [4.78, 5) is 4.12. The van der Waals surface area contributed by atoms with Crippen molar-refractivity contribution in [3.05, 3.63) is 71.8 Å². The van der Waals surface area contributed by atoms with Gasteiger partial charge in [0.05, 0.1) is 5.56 Å². The van der Waals surface area contributed by atoms with Gasteiger partial charge in [-0.25, -0.2) is 4.39 Å². The van der Waals surface area contributed by atoms with E-state index in [0.717, 1.165) is 28.5 Å². The second-order valence-corrected chi connectivity index (χ2v) is 6.94. The topological polar surface area (TPSA) is 34.1 Å². The van der Waals surface area contributed by atoms with Crippen LogP contribution in [0.2, 0.25) is 0 Å². The van der Waals surface area contributed by atoms with Gasteiger partial charge in [0.15, 0.2) is 0 Å². The number of halogens is 5. The van der Waals surface area contributed by atoms with Crippen molar-refractivity contribution in [3.8, 4) is 5.75 Å². The monoisotopic (exact) mass is 426 g/mol. The number of aromatic nitrogens is 1. The minimum absolute atomic E-state index is 0. The van der Waals surface area contributed by atoms with E-state index in [1.54, 1.807) is 6.20 Å². The number of ether oxygens (including phenoxy) is 1. The lowest BCUT2D eigenvalue weighted by Crippen LogP contribution is -2.46. The Bertz CT molecular complexity index is 985. The third kappa shape index (κ3) is 4.79. The number of nitrogens with zero attached hydrogens (tertiary/aromatic N) is 1. The molecule has 1 aliphatic rings. The Morgan fingerprint density at radius 1 is 1.10 bits per heavy atom. The molecule has 3 aromatic rings. The van der Waals surface area contributed by atoms with Crippen LogP contribution in [0.5, 0.6) is 5.75 Å². The normalized spacial score (nSPS) is 18.8. The number of rotatable bonds is 5. The van der Waals surface area contributed by atoms with Crippen LogP contribution in [0.15, 0.2) is 54.9 Å². The van der Waals surface area contributed by atoms with Crippen molar-refractivity contribution in [1.82, 2.24) is 10.3 Å². The second-order valence-electron chi connectivity index (χ2n) is 6.94.